The summed E-state index contributed by atoms with van der Waals surface area (Å²) in [5.74, 6) is 1.13. The molecule has 0 heterocycles. The molecule has 0 unspecified atom stereocenters. The van der Waals surface area contributed by atoms with Crippen molar-refractivity contribution in [2.45, 2.75) is 19.6 Å². The second-order valence-corrected chi connectivity index (χ2v) is 6.52. The maximum atomic E-state index is 11.8. The van der Waals surface area contributed by atoms with Gasteiger partial charge in [-0.25, -0.2) is 5.43 Å². The SMILES string of the molecule is CCN(CC)c1ccc(/C=N/NC(=O)CSCc2ccccc2)cc1. The lowest BCUT2D eigenvalue weighted by atomic mass is 10.2. The van der Waals surface area contributed by atoms with Gasteiger partial charge in [0, 0.05) is 24.5 Å². The minimum atomic E-state index is -0.0862. The van der Waals surface area contributed by atoms with E-state index in [1.54, 1.807) is 18.0 Å². The van der Waals surface area contributed by atoms with Gasteiger partial charge in [0.2, 0.25) is 5.91 Å². The Labute approximate surface area is 154 Å². The lowest BCUT2D eigenvalue weighted by Crippen LogP contribution is -2.21. The predicted molar refractivity (Wildman–Crippen MR) is 108 cm³/mol. The van der Waals surface area contributed by atoms with Gasteiger partial charge in [0.05, 0.1) is 12.0 Å². The van der Waals surface area contributed by atoms with Gasteiger partial charge in [-0.3, -0.25) is 4.79 Å². The van der Waals surface area contributed by atoms with Crippen LogP contribution in [0.4, 0.5) is 5.69 Å². The van der Waals surface area contributed by atoms with E-state index in [-0.39, 0.29) is 5.91 Å². The van der Waals surface area contributed by atoms with E-state index in [1.165, 1.54) is 11.3 Å². The summed E-state index contributed by atoms with van der Waals surface area (Å²) in [6.45, 7) is 6.26. The smallest absolute Gasteiger partial charge is 0.250 e. The Bertz CT molecular complexity index is 667. The summed E-state index contributed by atoms with van der Waals surface area (Å²) in [7, 11) is 0. The molecule has 2 rings (SSSR count). The molecule has 0 aromatic heterocycles. The number of thioether (sulfide) groups is 1. The number of rotatable bonds is 9. The summed E-state index contributed by atoms with van der Waals surface area (Å²) in [6, 6.07) is 18.3. The van der Waals surface area contributed by atoms with Crippen molar-refractivity contribution in [2.75, 3.05) is 23.7 Å². The van der Waals surface area contributed by atoms with Crippen LogP contribution in [0.15, 0.2) is 59.7 Å². The molecule has 0 saturated carbocycles. The number of nitrogens with one attached hydrogen (secondary N) is 1. The van der Waals surface area contributed by atoms with Gasteiger partial charge in [-0.05, 0) is 37.1 Å². The van der Waals surface area contributed by atoms with Crippen LogP contribution in [0.1, 0.15) is 25.0 Å². The van der Waals surface area contributed by atoms with Crippen LogP contribution in [0.25, 0.3) is 0 Å². The monoisotopic (exact) mass is 355 g/mol. The molecule has 0 atom stereocenters. The van der Waals surface area contributed by atoms with Gasteiger partial charge >= 0.3 is 0 Å². The largest absolute Gasteiger partial charge is 0.372 e. The van der Waals surface area contributed by atoms with Crippen molar-refractivity contribution in [2.24, 2.45) is 5.10 Å². The topological polar surface area (TPSA) is 44.7 Å². The van der Waals surface area contributed by atoms with Crippen LogP contribution in [-0.2, 0) is 10.5 Å². The lowest BCUT2D eigenvalue weighted by Gasteiger charge is -2.20. The molecule has 2 aromatic rings. The molecule has 0 aliphatic rings. The van der Waals surface area contributed by atoms with Crippen LogP contribution >= 0.6 is 11.8 Å². The average molecular weight is 356 g/mol. The maximum absolute atomic E-state index is 11.8. The van der Waals surface area contributed by atoms with Crippen molar-refractivity contribution in [1.29, 1.82) is 0 Å². The molecule has 132 valence electrons. The third kappa shape index (κ3) is 6.63. The number of benzene rings is 2. The van der Waals surface area contributed by atoms with E-state index in [9.17, 15) is 4.79 Å². The summed E-state index contributed by atoms with van der Waals surface area (Å²) in [5, 5.41) is 4.03. The maximum Gasteiger partial charge on any atom is 0.250 e. The molecule has 0 radical (unpaired) electrons. The van der Waals surface area contributed by atoms with Crippen molar-refractivity contribution in [3.63, 3.8) is 0 Å². The number of anilines is 1. The van der Waals surface area contributed by atoms with Gasteiger partial charge in [-0.1, -0.05) is 42.5 Å². The van der Waals surface area contributed by atoms with Crippen LogP contribution in [0.2, 0.25) is 0 Å². The number of amides is 1. The quantitative estimate of drug-likeness (QED) is 0.548. The number of hydrogen-bond donors (Lipinski definition) is 1. The van der Waals surface area contributed by atoms with E-state index in [4.69, 9.17) is 0 Å². The van der Waals surface area contributed by atoms with Crippen LogP contribution in [-0.4, -0.2) is 31.0 Å². The molecule has 0 aliphatic carbocycles. The zero-order valence-corrected chi connectivity index (χ0v) is 15.6. The first-order valence-corrected chi connectivity index (χ1v) is 9.67. The van der Waals surface area contributed by atoms with Crippen LogP contribution < -0.4 is 10.3 Å². The average Bonchev–Trinajstić information content (AvgIpc) is 2.65. The van der Waals surface area contributed by atoms with Gasteiger partial charge in [0.15, 0.2) is 0 Å². The highest BCUT2D eigenvalue weighted by Gasteiger charge is 2.02. The fourth-order valence-electron chi connectivity index (χ4n) is 2.41. The van der Waals surface area contributed by atoms with Gasteiger partial charge in [-0.2, -0.15) is 5.10 Å². The molecule has 1 amide bonds. The molecular formula is C20H25N3OS. The van der Waals surface area contributed by atoms with E-state index in [2.05, 4.69) is 53.5 Å². The van der Waals surface area contributed by atoms with E-state index in [0.29, 0.717) is 5.75 Å². The number of hydrogen-bond acceptors (Lipinski definition) is 4. The molecule has 0 saturated heterocycles. The first kappa shape index (κ1) is 19.1. The fourth-order valence-corrected chi connectivity index (χ4v) is 3.19. The minimum absolute atomic E-state index is 0.0862. The van der Waals surface area contributed by atoms with E-state index >= 15 is 0 Å². The molecule has 0 spiro atoms. The summed E-state index contributed by atoms with van der Waals surface area (Å²) in [4.78, 5) is 14.1. The van der Waals surface area contributed by atoms with Crippen molar-refractivity contribution in [3.8, 4) is 0 Å². The third-order valence-electron chi connectivity index (χ3n) is 3.77. The van der Waals surface area contributed by atoms with Crippen LogP contribution in [0.3, 0.4) is 0 Å². The zero-order valence-electron chi connectivity index (χ0n) is 14.8. The minimum Gasteiger partial charge on any atom is -0.372 e. The summed E-state index contributed by atoms with van der Waals surface area (Å²) in [5.41, 5.74) is 5.96. The molecule has 0 aliphatic heterocycles. The Morgan fingerprint density at radius 1 is 1.08 bits per heavy atom. The first-order valence-electron chi connectivity index (χ1n) is 8.51. The van der Waals surface area contributed by atoms with Crippen molar-refractivity contribution in [1.82, 2.24) is 5.43 Å². The molecule has 1 N–H and O–H groups in total. The standard InChI is InChI=1S/C20H25N3OS/c1-3-23(4-2)19-12-10-17(11-13-19)14-21-22-20(24)16-25-15-18-8-6-5-7-9-18/h5-14H,3-4,15-16H2,1-2H3,(H,22,24)/b21-14+. The lowest BCUT2D eigenvalue weighted by molar-refractivity contribution is -0.118. The van der Waals surface area contributed by atoms with Crippen LogP contribution in [0, 0.1) is 0 Å². The van der Waals surface area contributed by atoms with E-state index in [0.717, 1.165) is 24.4 Å². The third-order valence-corrected chi connectivity index (χ3v) is 4.77. The van der Waals surface area contributed by atoms with Gasteiger partial charge in [0.1, 0.15) is 0 Å². The molecule has 4 nitrogen and oxygen atoms in total. The van der Waals surface area contributed by atoms with Crippen molar-refractivity contribution < 1.29 is 4.79 Å². The van der Waals surface area contributed by atoms with Crippen molar-refractivity contribution >= 4 is 29.6 Å². The Kier molecular flexibility index (Phi) is 8.05. The molecule has 0 bridgehead atoms. The Balaban J connectivity index is 1.73. The molecular weight excluding hydrogens is 330 g/mol. The number of carbonyl (C=O) groups excluding carboxylic acids is 1. The number of nitrogens with zero attached hydrogens (tertiary/aromatic N) is 2. The molecule has 2 aromatic carbocycles. The summed E-state index contributed by atoms with van der Waals surface area (Å²) in [6.07, 6.45) is 1.67. The van der Waals surface area contributed by atoms with Gasteiger partial charge < -0.3 is 4.90 Å². The molecule has 5 heteroatoms. The van der Waals surface area contributed by atoms with E-state index in [1.807, 2.05) is 30.3 Å². The van der Waals surface area contributed by atoms with Crippen molar-refractivity contribution in [3.05, 3.63) is 65.7 Å². The molecule has 25 heavy (non-hydrogen) atoms. The van der Waals surface area contributed by atoms with E-state index < -0.39 is 0 Å². The highest BCUT2D eigenvalue weighted by molar-refractivity contribution is 7.99. The predicted octanol–water partition coefficient (Wildman–Crippen LogP) is 3.92. The normalized spacial score (nSPS) is 10.8. The Morgan fingerprint density at radius 3 is 2.40 bits per heavy atom. The summed E-state index contributed by atoms with van der Waals surface area (Å²) < 4.78 is 0. The first-order chi connectivity index (χ1) is 12.2. The number of hydrazone groups is 1. The highest BCUT2D eigenvalue weighted by atomic mass is 32.2. The van der Waals surface area contributed by atoms with Gasteiger partial charge in [-0.15, -0.1) is 11.8 Å². The second kappa shape index (κ2) is 10.6. The Morgan fingerprint density at radius 2 is 1.76 bits per heavy atom. The zero-order chi connectivity index (χ0) is 17.9. The highest BCUT2D eigenvalue weighted by Crippen LogP contribution is 2.14. The fraction of sp³-hybridized carbons (Fsp3) is 0.300. The van der Waals surface area contributed by atoms with Gasteiger partial charge in [0.25, 0.3) is 0 Å². The van der Waals surface area contributed by atoms with Crippen LogP contribution in [0.5, 0.6) is 0 Å². The molecule has 0 fully saturated rings. The Hall–Kier alpha value is -2.27. The number of carbonyl (C=O) groups is 1. The summed E-state index contributed by atoms with van der Waals surface area (Å²) >= 11 is 1.58. The second-order valence-electron chi connectivity index (χ2n) is 5.54.